The molecule has 24 heavy (non-hydrogen) atoms. The highest BCUT2D eigenvalue weighted by Gasteiger charge is 2.21. The molecule has 0 unspecified atom stereocenters. The Hall–Kier alpha value is -2.02. The largest absolute Gasteiger partial charge is 0.444 e. The number of nitrogens with one attached hydrogen (secondary N) is 1. The second kappa shape index (κ2) is 7.70. The highest BCUT2D eigenvalue weighted by Crippen LogP contribution is 2.24. The van der Waals surface area contributed by atoms with E-state index >= 15 is 0 Å². The molecule has 2 rings (SSSR count). The molecule has 1 atom stereocenters. The molecule has 1 aromatic carbocycles. The summed E-state index contributed by atoms with van der Waals surface area (Å²) >= 11 is 1.47. The lowest BCUT2D eigenvalue weighted by Crippen LogP contribution is -2.34. The second-order valence-corrected chi connectivity index (χ2v) is 7.42. The minimum atomic E-state index is -0.548. The van der Waals surface area contributed by atoms with Gasteiger partial charge in [-0.1, -0.05) is 36.0 Å². The van der Waals surface area contributed by atoms with Crippen LogP contribution in [0.2, 0.25) is 0 Å². The summed E-state index contributed by atoms with van der Waals surface area (Å²) in [6.45, 7) is 9.27. The topological polar surface area (TPSA) is 77.2 Å². The average molecular weight is 349 g/mol. The van der Waals surface area contributed by atoms with Crippen molar-refractivity contribution >= 4 is 17.9 Å². The predicted octanol–water partition coefficient (Wildman–Crippen LogP) is 4.26. The van der Waals surface area contributed by atoms with Gasteiger partial charge in [-0.25, -0.2) is 4.79 Å². The lowest BCUT2D eigenvalue weighted by Gasteiger charge is -2.20. The smallest absolute Gasteiger partial charge is 0.408 e. The molecule has 0 spiro atoms. The van der Waals surface area contributed by atoms with Gasteiger partial charge in [-0.15, -0.1) is 10.2 Å². The molecular formula is C17H23N3O3S. The van der Waals surface area contributed by atoms with Crippen LogP contribution in [-0.4, -0.2) is 21.9 Å². The van der Waals surface area contributed by atoms with Crippen LogP contribution < -0.4 is 5.32 Å². The molecule has 0 saturated carbocycles. The first-order chi connectivity index (χ1) is 11.2. The van der Waals surface area contributed by atoms with Crippen molar-refractivity contribution < 1.29 is 13.9 Å². The van der Waals surface area contributed by atoms with Crippen molar-refractivity contribution in [1.82, 2.24) is 15.5 Å². The lowest BCUT2D eigenvalue weighted by molar-refractivity contribution is 0.0500. The first-order valence-electron chi connectivity index (χ1n) is 7.75. The molecule has 0 bridgehead atoms. The highest BCUT2D eigenvalue weighted by molar-refractivity contribution is 7.98. The van der Waals surface area contributed by atoms with Gasteiger partial charge >= 0.3 is 6.09 Å². The summed E-state index contributed by atoms with van der Waals surface area (Å²) in [6, 6.07) is 7.75. The molecule has 130 valence electrons. The fourth-order valence-corrected chi connectivity index (χ4v) is 2.76. The van der Waals surface area contributed by atoms with E-state index in [0.717, 1.165) is 5.75 Å². The third-order valence-corrected chi connectivity index (χ3v) is 4.01. The van der Waals surface area contributed by atoms with Crippen molar-refractivity contribution in [3.63, 3.8) is 0 Å². The van der Waals surface area contributed by atoms with Crippen molar-refractivity contribution in [2.75, 3.05) is 0 Å². The molecule has 0 aliphatic rings. The van der Waals surface area contributed by atoms with E-state index in [0.29, 0.717) is 11.1 Å². The van der Waals surface area contributed by atoms with Crippen LogP contribution in [0.1, 0.15) is 50.8 Å². The molecular weight excluding hydrogens is 326 g/mol. The Balaban J connectivity index is 1.90. The second-order valence-electron chi connectivity index (χ2n) is 6.49. The molecule has 0 fully saturated rings. The number of carbonyl (C=O) groups excluding carboxylic acids is 1. The van der Waals surface area contributed by atoms with Crippen molar-refractivity contribution in [2.24, 2.45) is 0 Å². The zero-order valence-corrected chi connectivity index (χ0v) is 15.4. The van der Waals surface area contributed by atoms with E-state index in [4.69, 9.17) is 9.15 Å². The number of thioether (sulfide) groups is 1. The number of alkyl carbamates (subject to hydrolysis) is 1. The van der Waals surface area contributed by atoms with E-state index in [9.17, 15) is 4.79 Å². The predicted molar refractivity (Wildman–Crippen MR) is 92.8 cm³/mol. The SMILES string of the molecule is Cc1ccccc1CSc1nnc([C@@H](C)NC(=O)OC(C)(C)C)o1. The van der Waals surface area contributed by atoms with E-state index in [-0.39, 0.29) is 0 Å². The zero-order chi connectivity index (χ0) is 17.7. The average Bonchev–Trinajstić information content (AvgIpc) is 2.93. The van der Waals surface area contributed by atoms with Crippen LogP contribution in [-0.2, 0) is 10.5 Å². The number of aromatic nitrogens is 2. The fourth-order valence-electron chi connectivity index (χ4n) is 1.91. The van der Waals surface area contributed by atoms with Crippen LogP contribution in [0.5, 0.6) is 0 Å². The quantitative estimate of drug-likeness (QED) is 0.813. The van der Waals surface area contributed by atoms with Gasteiger partial charge in [0.15, 0.2) is 0 Å². The van der Waals surface area contributed by atoms with Crippen LogP contribution in [0, 0.1) is 6.92 Å². The van der Waals surface area contributed by atoms with Crippen molar-refractivity contribution in [3.05, 3.63) is 41.3 Å². The first-order valence-corrected chi connectivity index (χ1v) is 8.73. The van der Waals surface area contributed by atoms with Gasteiger partial charge in [0.05, 0.1) is 0 Å². The minimum absolute atomic E-state index is 0.355. The Labute approximate surface area is 146 Å². The lowest BCUT2D eigenvalue weighted by atomic mass is 10.1. The summed E-state index contributed by atoms with van der Waals surface area (Å²) in [5.41, 5.74) is 1.90. The Morgan fingerprint density at radius 2 is 2.04 bits per heavy atom. The summed E-state index contributed by atoms with van der Waals surface area (Å²) in [4.78, 5) is 11.8. The third kappa shape index (κ3) is 5.56. The number of nitrogens with zero attached hydrogens (tertiary/aromatic N) is 2. The number of benzene rings is 1. The van der Waals surface area contributed by atoms with Crippen molar-refractivity contribution in [2.45, 2.75) is 57.2 Å². The van der Waals surface area contributed by atoms with Crippen molar-refractivity contribution in [1.29, 1.82) is 0 Å². The van der Waals surface area contributed by atoms with Crippen molar-refractivity contribution in [3.8, 4) is 0 Å². The van der Waals surface area contributed by atoms with E-state index in [1.54, 1.807) is 6.92 Å². The molecule has 2 aromatic rings. The van der Waals surface area contributed by atoms with Gasteiger partial charge in [-0.05, 0) is 45.7 Å². The van der Waals surface area contributed by atoms with Gasteiger partial charge < -0.3 is 14.5 Å². The molecule has 0 aliphatic carbocycles. The first kappa shape index (κ1) is 18.3. The van der Waals surface area contributed by atoms with Gasteiger partial charge in [0.2, 0.25) is 5.89 Å². The summed E-state index contributed by atoms with van der Waals surface area (Å²) in [6.07, 6.45) is -0.512. The standard InChI is InChI=1S/C17H23N3O3S/c1-11-8-6-7-9-13(11)10-24-16-20-19-14(22-16)12(2)18-15(21)23-17(3,4)5/h6-9,12H,10H2,1-5H3,(H,18,21)/t12-/m1/s1. The van der Waals surface area contributed by atoms with Crippen LogP contribution in [0.4, 0.5) is 4.79 Å². The molecule has 6 nitrogen and oxygen atoms in total. The van der Waals surface area contributed by atoms with Gasteiger partial charge in [-0.3, -0.25) is 0 Å². The number of carbonyl (C=O) groups is 1. The van der Waals surface area contributed by atoms with Gasteiger partial charge in [0.25, 0.3) is 5.22 Å². The highest BCUT2D eigenvalue weighted by atomic mass is 32.2. The number of hydrogen-bond donors (Lipinski definition) is 1. The molecule has 0 aliphatic heterocycles. The molecule has 1 amide bonds. The minimum Gasteiger partial charge on any atom is -0.444 e. The maximum Gasteiger partial charge on any atom is 0.408 e. The maximum atomic E-state index is 11.8. The van der Waals surface area contributed by atoms with Crippen LogP contribution in [0.25, 0.3) is 0 Å². The van der Waals surface area contributed by atoms with Gasteiger partial charge in [-0.2, -0.15) is 0 Å². The monoisotopic (exact) mass is 349 g/mol. The summed E-state index contributed by atoms with van der Waals surface area (Å²) in [7, 11) is 0. The molecule has 0 saturated heterocycles. The van der Waals surface area contributed by atoms with Gasteiger partial charge in [0, 0.05) is 5.75 Å². The normalized spacial score (nSPS) is 12.7. The number of amides is 1. The van der Waals surface area contributed by atoms with E-state index in [1.807, 2.05) is 32.9 Å². The van der Waals surface area contributed by atoms with E-state index in [2.05, 4.69) is 34.6 Å². The Morgan fingerprint density at radius 1 is 1.33 bits per heavy atom. The van der Waals surface area contributed by atoms with Gasteiger partial charge in [0.1, 0.15) is 11.6 Å². The maximum absolute atomic E-state index is 11.8. The molecule has 1 N–H and O–H groups in total. The molecule has 1 heterocycles. The van der Waals surface area contributed by atoms with E-state index < -0.39 is 17.7 Å². The molecule has 7 heteroatoms. The third-order valence-electron chi connectivity index (χ3n) is 3.14. The zero-order valence-electron chi connectivity index (χ0n) is 14.6. The number of aryl methyl sites for hydroxylation is 1. The number of ether oxygens (including phenoxy) is 1. The Morgan fingerprint density at radius 3 is 2.71 bits per heavy atom. The van der Waals surface area contributed by atoms with Crippen LogP contribution >= 0.6 is 11.8 Å². The van der Waals surface area contributed by atoms with Crippen LogP contribution in [0.15, 0.2) is 33.9 Å². The Kier molecular flexibility index (Phi) is 5.88. The van der Waals surface area contributed by atoms with E-state index in [1.165, 1.54) is 22.9 Å². The molecule has 0 radical (unpaired) electrons. The number of rotatable bonds is 5. The van der Waals surface area contributed by atoms with Crippen LogP contribution in [0.3, 0.4) is 0 Å². The summed E-state index contributed by atoms with van der Waals surface area (Å²) < 4.78 is 10.8. The Bertz CT molecular complexity index is 694. The fraction of sp³-hybridized carbons (Fsp3) is 0.471. The molecule has 1 aromatic heterocycles. The summed E-state index contributed by atoms with van der Waals surface area (Å²) in [5.74, 6) is 1.11. The number of hydrogen-bond acceptors (Lipinski definition) is 6. The summed E-state index contributed by atoms with van der Waals surface area (Å²) in [5, 5.41) is 11.2.